The maximum absolute atomic E-state index is 11.5. The standard InChI is InChI=1S/2C16H19BrO4/c2*1-16(2,20-4)13(17)9-11-12(19-3)7-5-10-6-8-14(18)21-15(10)11/h2*5-8,13H,9H2,1-4H3/t2*13-/m10/s1. The van der Waals surface area contributed by atoms with Crippen LogP contribution in [-0.4, -0.2) is 49.3 Å². The van der Waals surface area contributed by atoms with Gasteiger partial charge in [-0.1, -0.05) is 31.9 Å². The second-order valence-electron chi connectivity index (χ2n) is 10.8. The minimum Gasteiger partial charge on any atom is -0.496 e. The van der Waals surface area contributed by atoms with Crippen molar-refractivity contribution in [2.75, 3.05) is 28.4 Å². The van der Waals surface area contributed by atoms with Gasteiger partial charge < -0.3 is 27.8 Å². The average molecular weight is 710 g/mol. The molecule has 0 N–H and O–H groups in total. The lowest BCUT2D eigenvalue weighted by molar-refractivity contribution is 0.0223. The van der Waals surface area contributed by atoms with Crippen molar-refractivity contribution < 1.29 is 27.8 Å². The minimum atomic E-state index is -0.367. The lowest BCUT2D eigenvalue weighted by Gasteiger charge is -2.29. The summed E-state index contributed by atoms with van der Waals surface area (Å²) in [7, 11) is 6.57. The van der Waals surface area contributed by atoms with Crippen LogP contribution >= 0.6 is 31.9 Å². The fourth-order valence-electron chi connectivity index (χ4n) is 4.22. The molecular formula is C32H38Br2O8. The van der Waals surface area contributed by atoms with Crippen LogP contribution in [0.3, 0.4) is 0 Å². The monoisotopic (exact) mass is 708 g/mol. The molecule has 0 spiro atoms. The first kappa shape index (κ1) is 33.8. The Bertz CT molecular complexity index is 1500. The molecule has 0 saturated carbocycles. The fraction of sp³-hybridized carbons (Fsp3) is 0.438. The van der Waals surface area contributed by atoms with E-state index in [0.29, 0.717) is 35.5 Å². The molecule has 2 heterocycles. The van der Waals surface area contributed by atoms with Crippen LogP contribution in [0.15, 0.2) is 67.0 Å². The van der Waals surface area contributed by atoms with Gasteiger partial charge in [-0.15, -0.1) is 0 Å². The van der Waals surface area contributed by atoms with Gasteiger partial charge >= 0.3 is 11.3 Å². The first-order chi connectivity index (χ1) is 19.8. The SMILES string of the molecule is COc1ccc2ccc(=O)oc2c1C[C@@H](Br)C(C)(C)OC.COc1ccc2ccc(=O)oc2c1C[C@H](Br)C(C)(C)OC. The predicted molar refractivity (Wildman–Crippen MR) is 173 cm³/mol. The molecular weight excluding hydrogens is 672 g/mol. The Morgan fingerprint density at radius 1 is 0.619 bits per heavy atom. The summed E-state index contributed by atoms with van der Waals surface area (Å²) < 4.78 is 32.6. The van der Waals surface area contributed by atoms with E-state index in [1.807, 2.05) is 52.0 Å². The summed E-state index contributed by atoms with van der Waals surface area (Å²) >= 11 is 7.33. The molecule has 4 rings (SSSR count). The van der Waals surface area contributed by atoms with Crippen molar-refractivity contribution in [3.8, 4) is 11.5 Å². The van der Waals surface area contributed by atoms with Crippen LogP contribution in [0.25, 0.3) is 21.9 Å². The summed E-state index contributed by atoms with van der Waals surface area (Å²) in [5.41, 5.74) is 1.41. The molecule has 0 unspecified atom stereocenters. The quantitative estimate of drug-likeness (QED) is 0.128. The lowest BCUT2D eigenvalue weighted by atomic mass is 9.96. The van der Waals surface area contributed by atoms with Gasteiger partial charge in [-0.25, -0.2) is 9.59 Å². The molecule has 0 aliphatic carbocycles. The van der Waals surface area contributed by atoms with Gasteiger partial charge in [-0.3, -0.25) is 0 Å². The Kier molecular flexibility index (Phi) is 11.4. The van der Waals surface area contributed by atoms with E-state index in [4.69, 9.17) is 27.8 Å². The molecule has 0 saturated heterocycles. The number of halogens is 2. The molecule has 2 atom stereocenters. The summed E-state index contributed by atoms with van der Waals surface area (Å²) in [6, 6.07) is 13.9. The number of rotatable bonds is 10. The predicted octanol–water partition coefficient (Wildman–Crippen LogP) is 7.07. The van der Waals surface area contributed by atoms with Gasteiger partial charge in [0.25, 0.3) is 0 Å². The summed E-state index contributed by atoms with van der Waals surface area (Å²) in [4.78, 5) is 23.1. The summed E-state index contributed by atoms with van der Waals surface area (Å²) in [6.45, 7) is 8.00. The van der Waals surface area contributed by atoms with Crippen LogP contribution in [0.5, 0.6) is 11.5 Å². The van der Waals surface area contributed by atoms with Crippen molar-refractivity contribution in [2.24, 2.45) is 0 Å². The molecule has 0 radical (unpaired) electrons. The Labute approximate surface area is 262 Å². The van der Waals surface area contributed by atoms with E-state index < -0.39 is 0 Å². The number of methoxy groups -OCH3 is 4. The average Bonchev–Trinajstić information content (AvgIpc) is 2.97. The van der Waals surface area contributed by atoms with Gasteiger partial charge in [0, 0.05) is 57.9 Å². The zero-order valence-electron chi connectivity index (χ0n) is 25.2. The maximum atomic E-state index is 11.5. The maximum Gasteiger partial charge on any atom is 0.336 e. The number of hydrogen-bond acceptors (Lipinski definition) is 8. The van der Waals surface area contributed by atoms with Crippen LogP contribution in [-0.2, 0) is 22.3 Å². The van der Waals surface area contributed by atoms with Gasteiger partial charge in [0.1, 0.15) is 22.7 Å². The third kappa shape index (κ3) is 7.83. The van der Waals surface area contributed by atoms with Crippen molar-refractivity contribution in [3.63, 3.8) is 0 Å². The second-order valence-corrected chi connectivity index (χ2v) is 13.0. The van der Waals surface area contributed by atoms with Crippen molar-refractivity contribution in [1.29, 1.82) is 0 Å². The highest BCUT2D eigenvalue weighted by atomic mass is 79.9. The summed E-state index contributed by atoms with van der Waals surface area (Å²) in [5, 5.41) is 1.75. The second kappa shape index (κ2) is 14.2. The van der Waals surface area contributed by atoms with Gasteiger partial charge in [0.2, 0.25) is 0 Å². The zero-order valence-corrected chi connectivity index (χ0v) is 28.4. The third-order valence-electron chi connectivity index (χ3n) is 7.47. The first-order valence-electron chi connectivity index (χ1n) is 13.4. The Morgan fingerprint density at radius 2 is 0.952 bits per heavy atom. The molecule has 228 valence electrons. The molecule has 0 fully saturated rings. The van der Waals surface area contributed by atoms with Gasteiger partial charge in [-0.05, 0) is 76.9 Å². The van der Waals surface area contributed by atoms with Crippen molar-refractivity contribution in [3.05, 3.63) is 80.5 Å². The van der Waals surface area contributed by atoms with Gasteiger partial charge in [0.15, 0.2) is 0 Å². The van der Waals surface area contributed by atoms with Crippen molar-refractivity contribution in [2.45, 2.75) is 61.4 Å². The summed E-state index contributed by atoms with van der Waals surface area (Å²) in [6.07, 6.45) is 1.24. The molecule has 10 heteroatoms. The molecule has 42 heavy (non-hydrogen) atoms. The Hall–Kier alpha value is -2.66. The van der Waals surface area contributed by atoms with Crippen LogP contribution < -0.4 is 20.7 Å². The normalized spacial score (nSPS) is 13.4. The molecule has 2 aromatic carbocycles. The Morgan fingerprint density at radius 3 is 1.26 bits per heavy atom. The number of benzene rings is 2. The Balaban J connectivity index is 0.000000230. The number of hydrogen-bond donors (Lipinski definition) is 0. The highest BCUT2D eigenvalue weighted by molar-refractivity contribution is 9.09. The van der Waals surface area contributed by atoms with Crippen LogP contribution in [0.1, 0.15) is 38.8 Å². The van der Waals surface area contributed by atoms with E-state index >= 15 is 0 Å². The molecule has 2 aromatic heterocycles. The van der Waals surface area contributed by atoms with Gasteiger partial charge in [0.05, 0.1) is 25.4 Å². The molecule has 0 aliphatic heterocycles. The van der Waals surface area contributed by atoms with E-state index in [2.05, 4.69) is 31.9 Å². The lowest BCUT2D eigenvalue weighted by Crippen LogP contribution is -2.35. The number of alkyl halides is 2. The highest BCUT2D eigenvalue weighted by Crippen LogP contribution is 2.34. The molecule has 0 aliphatic rings. The number of fused-ring (bicyclic) bond motifs is 2. The van der Waals surface area contributed by atoms with E-state index in [1.165, 1.54) is 12.1 Å². The van der Waals surface area contributed by atoms with Crippen LogP contribution in [0, 0.1) is 0 Å². The highest BCUT2D eigenvalue weighted by Gasteiger charge is 2.30. The molecule has 0 amide bonds. The molecule has 8 nitrogen and oxygen atoms in total. The molecule has 0 bridgehead atoms. The van der Waals surface area contributed by atoms with Crippen molar-refractivity contribution >= 4 is 53.8 Å². The van der Waals surface area contributed by atoms with Crippen molar-refractivity contribution in [1.82, 2.24) is 0 Å². The largest absolute Gasteiger partial charge is 0.496 e. The van der Waals surface area contributed by atoms with E-state index in [0.717, 1.165) is 21.9 Å². The molecule has 4 aromatic rings. The van der Waals surface area contributed by atoms with E-state index in [9.17, 15) is 9.59 Å². The third-order valence-corrected chi connectivity index (χ3v) is 10.3. The first-order valence-corrected chi connectivity index (χ1v) is 15.2. The minimum absolute atomic E-state index is 0.0417. The van der Waals surface area contributed by atoms with E-state index in [-0.39, 0.29) is 32.1 Å². The van der Waals surface area contributed by atoms with Crippen LogP contribution in [0.2, 0.25) is 0 Å². The summed E-state index contributed by atoms with van der Waals surface area (Å²) in [5.74, 6) is 1.40. The fourth-order valence-corrected chi connectivity index (χ4v) is 5.24. The number of ether oxygens (including phenoxy) is 4. The van der Waals surface area contributed by atoms with Gasteiger partial charge in [-0.2, -0.15) is 0 Å². The van der Waals surface area contributed by atoms with E-state index in [1.54, 1.807) is 40.6 Å². The van der Waals surface area contributed by atoms with Crippen LogP contribution in [0.4, 0.5) is 0 Å². The smallest absolute Gasteiger partial charge is 0.336 e. The zero-order chi connectivity index (χ0) is 31.2. The topological polar surface area (TPSA) is 97.3 Å².